The van der Waals surface area contributed by atoms with E-state index in [-0.39, 0.29) is 22.3 Å². The second-order valence-electron chi connectivity index (χ2n) is 7.24. The third-order valence-electron chi connectivity index (χ3n) is 4.71. The molecule has 0 aliphatic heterocycles. The van der Waals surface area contributed by atoms with Crippen molar-refractivity contribution in [1.29, 1.82) is 5.26 Å². The van der Waals surface area contributed by atoms with Crippen LogP contribution < -0.4 is 10.9 Å². The van der Waals surface area contributed by atoms with E-state index in [9.17, 15) is 14.9 Å². The fourth-order valence-electron chi connectivity index (χ4n) is 3.25. The number of aromatic nitrogens is 2. The average molecular weight is 453 g/mol. The van der Waals surface area contributed by atoms with Crippen LogP contribution in [0, 0.1) is 32.1 Å². The molecule has 1 aromatic heterocycles. The summed E-state index contributed by atoms with van der Waals surface area (Å²) in [5, 5.41) is 12.6. The third kappa shape index (κ3) is 5.16. The van der Waals surface area contributed by atoms with Crippen molar-refractivity contribution in [2.24, 2.45) is 0 Å². The minimum Gasteiger partial charge on any atom is -0.325 e. The quantitative estimate of drug-likeness (QED) is 0.419. The van der Waals surface area contributed by atoms with Gasteiger partial charge in [-0.1, -0.05) is 53.2 Å². The SMILES string of the molecule is Cc1cc(C)c(NC(=O)C(C)Sc2nc(-c3ccc(Cl)cc3)c(C#N)c(=O)[nH]2)c(C)c1. The smallest absolute Gasteiger partial charge is 0.270 e. The Balaban J connectivity index is 1.87. The number of nitrogens with one attached hydrogen (secondary N) is 2. The van der Waals surface area contributed by atoms with Gasteiger partial charge in [0, 0.05) is 16.3 Å². The Morgan fingerprint density at radius 2 is 1.81 bits per heavy atom. The predicted octanol–water partition coefficient (Wildman–Crippen LogP) is 5.01. The maximum atomic E-state index is 12.8. The first-order valence-corrected chi connectivity index (χ1v) is 10.8. The van der Waals surface area contributed by atoms with Crippen molar-refractivity contribution in [3.05, 3.63) is 74.0 Å². The lowest BCUT2D eigenvalue weighted by atomic mass is 10.1. The third-order valence-corrected chi connectivity index (χ3v) is 5.95. The molecule has 0 aliphatic rings. The highest BCUT2D eigenvalue weighted by Gasteiger charge is 2.20. The van der Waals surface area contributed by atoms with Crippen molar-refractivity contribution in [2.75, 3.05) is 5.32 Å². The summed E-state index contributed by atoms with van der Waals surface area (Å²) in [6.07, 6.45) is 0. The highest BCUT2D eigenvalue weighted by atomic mass is 35.5. The van der Waals surface area contributed by atoms with Crippen LogP contribution in [-0.2, 0) is 4.79 Å². The number of aromatic amines is 1. The molecule has 8 heteroatoms. The van der Waals surface area contributed by atoms with Crippen LogP contribution in [0.2, 0.25) is 5.02 Å². The second-order valence-corrected chi connectivity index (χ2v) is 9.00. The van der Waals surface area contributed by atoms with Gasteiger partial charge < -0.3 is 10.3 Å². The molecule has 0 bridgehead atoms. The normalized spacial score (nSPS) is 11.6. The largest absolute Gasteiger partial charge is 0.325 e. The van der Waals surface area contributed by atoms with E-state index in [1.165, 1.54) is 0 Å². The van der Waals surface area contributed by atoms with Crippen LogP contribution in [0.3, 0.4) is 0 Å². The lowest BCUT2D eigenvalue weighted by Gasteiger charge is -2.16. The lowest BCUT2D eigenvalue weighted by molar-refractivity contribution is -0.115. The summed E-state index contributed by atoms with van der Waals surface area (Å²) in [5.41, 5.74) is 4.09. The molecule has 1 heterocycles. The van der Waals surface area contributed by atoms with Crippen LogP contribution in [0.25, 0.3) is 11.3 Å². The fraction of sp³-hybridized carbons (Fsp3) is 0.217. The van der Waals surface area contributed by atoms with Crippen molar-refractivity contribution in [3.8, 4) is 17.3 Å². The Morgan fingerprint density at radius 1 is 1.19 bits per heavy atom. The molecule has 6 nitrogen and oxygen atoms in total. The number of halogens is 1. The topological polar surface area (TPSA) is 98.6 Å². The molecular weight excluding hydrogens is 432 g/mol. The van der Waals surface area contributed by atoms with E-state index in [4.69, 9.17) is 11.6 Å². The standard InChI is InChI=1S/C23H21ClN4O2S/c1-12-9-13(2)19(14(3)10-12)26-21(29)15(4)31-23-27-20(18(11-25)22(30)28-23)16-5-7-17(24)8-6-16/h5-10,15H,1-4H3,(H,26,29)(H,27,28,30). The molecule has 1 unspecified atom stereocenters. The zero-order valence-corrected chi connectivity index (χ0v) is 19.1. The van der Waals surface area contributed by atoms with Crippen LogP contribution in [0.1, 0.15) is 29.2 Å². The summed E-state index contributed by atoms with van der Waals surface area (Å²) in [5.74, 6) is -0.208. The van der Waals surface area contributed by atoms with Crippen molar-refractivity contribution in [3.63, 3.8) is 0 Å². The van der Waals surface area contributed by atoms with Gasteiger partial charge in [-0.15, -0.1) is 0 Å². The van der Waals surface area contributed by atoms with E-state index >= 15 is 0 Å². The Labute approximate surface area is 189 Å². The van der Waals surface area contributed by atoms with Crippen LogP contribution in [0.5, 0.6) is 0 Å². The number of carbonyl (C=O) groups excluding carboxylic acids is 1. The first-order valence-electron chi connectivity index (χ1n) is 9.55. The number of hydrogen-bond acceptors (Lipinski definition) is 5. The molecule has 2 N–H and O–H groups in total. The summed E-state index contributed by atoms with van der Waals surface area (Å²) in [6.45, 7) is 7.64. The molecule has 0 saturated heterocycles. The van der Waals surface area contributed by atoms with Gasteiger partial charge in [-0.2, -0.15) is 5.26 Å². The number of aryl methyl sites for hydroxylation is 3. The van der Waals surface area contributed by atoms with Gasteiger partial charge in [-0.25, -0.2) is 4.98 Å². The summed E-state index contributed by atoms with van der Waals surface area (Å²) in [6, 6.07) is 12.6. The number of anilines is 1. The number of nitrogens with zero attached hydrogens (tertiary/aromatic N) is 2. The molecule has 0 spiro atoms. The van der Waals surface area contributed by atoms with Gasteiger partial charge in [0.05, 0.1) is 10.9 Å². The number of amides is 1. The minimum absolute atomic E-state index is 0.0883. The highest BCUT2D eigenvalue weighted by molar-refractivity contribution is 8.00. The number of benzene rings is 2. The summed E-state index contributed by atoms with van der Waals surface area (Å²) >= 11 is 7.05. The van der Waals surface area contributed by atoms with Gasteiger partial charge in [-0.3, -0.25) is 9.59 Å². The van der Waals surface area contributed by atoms with Crippen LogP contribution in [-0.4, -0.2) is 21.1 Å². The Bertz CT molecular complexity index is 1220. The summed E-state index contributed by atoms with van der Waals surface area (Å²) in [4.78, 5) is 32.3. The van der Waals surface area contributed by atoms with Crippen LogP contribution in [0.15, 0.2) is 46.3 Å². The van der Waals surface area contributed by atoms with E-state index in [1.807, 2.05) is 39.0 Å². The molecule has 3 rings (SSSR count). The average Bonchev–Trinajstić information content (AvgIpc) is 2.70. The summed E-state index contributed by atoms with van der Waals surface area (Å²) in [7, 11) is 0. The molecule has 158 valence electrons. The number of hydrogen-bond donors (Lipinski definition) is 2. The minimum atomic E-state index is -0.553. The Morgan fingerprint density at radius 3 is 2.39 bits per heavy atom. The van der Waals surface area contributed by atoms with Gasteiger partial charge in [0.1, 0.15) is 11.6 Å². The Kier molecular flexibility index (Phi) is 6.84. The number of nitriles is 1. The zero-order chi connectivity index (χ0) is 22.7. The molecule has 0 saturated carbocycles. The maximum Gasteiger partial charge on any atom is 0.270 e. The van der Waals surface area contributed by atoms with Gasteiger partial charge in [-0.05, 0) is 51.0 Å². The monoisotopic (exact) mass is 452 g/mol. The first-order chi connectivity index (χ1) is 14.7. The molecule has 0 aliphatic carbocycles. The van der Waals surface area contributed by atoms with E-state index in [0.29, 0.717) is 10.6 Å². The molecule has 2 aromatic carbocycles. The zero-order valence-electron chi connectivity index (χ0n) is 17.5. The maximum absolute atomic E-state index is 12.8. The van der Waals surface area contributed by atoms with Crippen LogP contribution in [0.4, 0.5) is 5.69 Å². The number of H-pyrrole nitrogens is 1. The molecular formula is C23H21ClN4O2S. The summed E-state index contributed by atoms with van der Waals surface area (Å²) < 4.78 is 0. The lowest BCUT2D eigenvalue weighted by Crippen LogP contribution is -2.24. The molecule has 3 aromatic rings. The number of thioether (sulfide) groups is 1. The van der Waals surface area contributed by atoms with E-state index in [0.717, 1.165) is 34.1 Å². The van der Waals surface area contributed by atoms with E-state index < -0.39 is 10.8 Å². The number of rotatable bonds is 5. The molecule has 0 fully saturated rings. The van der Waals surface area contributed by atoms with Gasteiger partial charge >= 0.3 is 0 Å². The predicted molar refractivity (Wildman–Crippen MR) is 125 cm³/mol. The fourth-order valence-corrected chi connectivity index (χ4v) is 4.17. The molecule has 31 heavy (non-hydrogen) atoms. The van der Waals surface area contributed by atoms with Crippen molar-refractivity contribution in [1.82, 2.24) is 9.97 Å². The van der Waals surface area contributed by atoms with Crippen molar-refractivity contribution < 1.29 is 4.79 Å². The van der Waals surface area contributed by atoms with E-state index in [2.05, 4.69) is 15.3 Å². The molecule has 1 atom stereocenters. The van der Waals surface area contributed by atoms with Gasteiger partial charge in [0.15, 0.2) is 5.16 Å². The van der Waals surface area contributed by atoms with Crippen molar-refractivity contribution >= 4 is 35.0 Å². The van der Waals surface area contributed by atoms with E-state index in [1.54, 1.807) is 31.2 Å². The molecule has 0 radical (unpaired) electrons. The Hall–Kier alpha value is -3.08. The van der Waals surface area contributed by atoms with Crippen LogP contribution >= 0.6 is 23.4 Å². The second kappa shape index (κ2) is 9.38. The van der Waals surface area contributed by atoms with Crippen molar-refractivity contribution in [2.45, 2.75) is 38.1 Å². The van der Waals surface area contributed by atoms with Gasteiger partial charge in [0.25, 0.3) is 5.56 Å². The van der Waals surface area contributed by atoms with Gasteiger partial charge in [0.2, 0.25) is 5.91 Å². The molecule has 1 amide bonds. The number of carbonyl (C=O) groups is 1. The highest BCUT2D eigenvalue weighted by Crippen LogP contribution is 2.27. The first kappa shape index (κ1) is 22.6.